The molecule has 0 aliphatic heterocycles. The van der Waals surface area contributed by atoms with Gasteiger partial charge in [0.15, 0.2) is 18.3 Å². The molecule has 0 amide bonds. The predicted octanol–water partition coefficient (Wildman–Crippen LogP) is 5.42. The molecular weight excluding hydrogens is 450 g/mol. The minimum absolute atomic E-state index is 0.526. The molecule has 1 aliphatic carbocycles. The highest BCUT2D eigenvalue weighted by molar-refractivity contribution is 6.24. The summed E-state index contributed by atoms with van der Waals surface area (Å²) in [5.74, 6) is -1.93. The van der Waals surface area contributed by atoms with Gasteiger partial charge in [-0.1, -0.05) is 47.6 Å². The SMILES string of the molecule is CC(=O)O[C@@H]1[C@H](OC(C)=O)[C@@H](N=[N+]=[N-])c2c(cc3ccc4cccc5ccc2c3c45)[C@H]1OC(C)=O. The van der Waals surface area contributed by atoms with Gasteiger partial charge in [0.2, 0.25) is 0 Å². The Morgan fingerprint density at radius 3 is 2.03 bits per heavy atom. The first-order valence-corrected chi connectivity index (χ1v) is 11.1. The van der Waals surface area contributed by atoms with Crippen molar-refractivity contribution in [3.63, 3.8) is 0 Å². The number of carbonyl (C=O) groups excluding carboxylic acids is 3. The van der Waals surface area contributed by atoms with Gasteiger partial charge in [0, 0.05) is 31.2 Å². The van der Waals surface area contributed by atoms with Crippen molar-refractivity contribution in [1.82, 2.24) is 0 Å². The van der Waals surface area contributed by atoms with Gasteiger partial charge >= 0.3 is 17.9 Å². The van der Waals surface area contributed by atoms with Crippen LogP contribution in [0.15, 0.2) is 53.6 Å². The van der Waals surface area contributed by atoms with Crippen LogP contribution < -0.4 is 0 Å². The first kappa shape index (κ1) is 22.4. The lowest BCUT2D eigenvalue weighted by molar-refractivity contribution is -0.188. The molecule has 0 aromatic heterocycles. The second-order valence-corrected chi connectivity index (χ2v) is 8.56. The van der Waals surface area contributed by atoms with Gasteiger partial charge in [-0.3, -0.25) is 14.4 Å². The third-order valence-corrected chi connectivity index (χ3v) is 6.33. The highest BCUT2D eigenvalue weighted by Crippen LogP contribution is 2.49. The van der Waals surface area contributed by atoms with E-state index >= 15 is 0 Å². The maximum Gasteiger partial charge on any atom is 0.303 e. The van der Waals surface area contributed by atoms with Crippen LogP contribution in [0, 0.1) is 0 Å². The molecular formula is C26H21N3O6. The monoisotopic (exact) mass is 471 g/mol. The molecule has 0 N–H and O–H groups in total. The van der Waals surface area contributed by atoms with Gasteiger partial charge in [0.25, 0.3) is 0 Å². The normalized spacial score (nSPS) is 21.3. The lowest BCUT2D eigenvalue weighted by atomic mass is 9.77. The van der Waals surface area contributed by atoms with Crippen molar-refractivity contribution in [1.29, 1.82) is 0 Å². The standard InChI is InChI=1S/C26H21N3O6/c1-12(30)33-24-19-11-17-8-7-15-5-4-6-16-9-10-18(21(17)20(15)16)22(19)23(28-29-27)25(34-13(2)31)26(24)35-14(3)32/h4-11,23-26H,1-3H3/t23-,24+,25+,26-/m0/s1. The molecule has 0 unspecified atom stereocenters. The summed E-state index contributed by atoms with van der Waals surface area (Å²) >= 11 is 0. The van der Waals surface area contributed by atoms with Crippen molar-refractivity contribution in [3.8, 4) is 0 Å². The molecule has 0 bridgehead atoms. The Bertz CT molecular complexity index is 1540. The first-order chi connectivity index (χ1) is 16.8. The Labute approximate surface area is 199 Å². The third kappa shape index (κ3) is 3.66. The van der Waals surface area contributed by atoms with E-state index in [1.807, 2.05) is 48.5 Å². The summed E-state index contributed by atoms with van der Waals surface area (Å²) in [6.45, 7) is 3.66. The van der Waals surface area contributed by atoms with E-state index in [2.05, 4.69) is 10.0 Å². The maximum absolute atomic E-state index is 12.1. The van der Waals surface area contributed by atoms with Gasteiger partial charge in [-0.15, -0.1) is 0 Å². The largest absolute Gasteiger partial charge is 0.458 e. The number of hydrogen-bond donors (Lipinski definition) is 0. The minimum Gasteiger partial charge on any atom is -0.458 e. The molecule has 0 saturated heterocycles. The highest BCUT2D eigenvalue weighted by atomic mass is 16.6. The molecule has 0 saturated carbocycles. The van der Waals surface area contributed by atoms with Gasteiger partial charge in [0.05, 0.1) is 0 Å². The Morgan fingerprint density at radius 2 is 1.40 bits per heavy atom. The number of hydrogen-bond acceptors (Lipinski definition) is 7. The van der Waals surface area contributed by atoms with Crippen molar-refractivity contribution in [2.45, 2.75) is 45.1 Å². The van der Waals surface area contributed by atoms with Crippen LogP contribution in [0.4, 0.5) is 0 Å². The molecule has 0 fully saturated rings. The van der Waals surface area contributed by atoms with Crippen molar-refractivity contribution in [3.05, 3.63) is 70.1 Å². The molecule has 9 nitrogen and oxygen atoms in total. The van der Waals surface area contributed by atoms with Gasteiger partial charge in [-0.25, -0.2) is 0 Å². The number of nitrogens with zero attached hydrogens (tertiary/aromatic N) is 3. The van der Waals surface area contributed by atoms with Crippen LogP contribution in [-0.2, 0) is 28.6 Å². The van der Waals surface area contributed by atoms with Gasteiger partial charge in [-0.2, -0.15) is 0 Å². The van der Waals surface area contributed by atoms with E-state index in [0.717, 1.165) is 32.3 Å². The summed E-state index contributed by atoms with van der Waals surface area (Å²) in [7, 11) is 0. The van der Waals surface area contributed by atoms with Crippen LogP contribution >= 0.6 is 0 Å². The molecule has 35 heavy (non-hydrogen) atoms. The number of benzene rings is 4. The van der Waals surface area contributed by atoms with E-state index in [1.54, 1.807) is 0 Å². The lowest BCUT2D eigenvalue weighted by Gasteiger charge is -2.41. The third-order valence-electron chi connectivity index (χ3n) is 6.33. The van der Waals surface area contributed by atoms with E-state index in [-0.39, 0.29) is 0 Å². The minimum atomic E-state index is -1.21. The van der Waals surface area contributed by atoms with Crippen LogP contribution in [0.3, 0.4) is 0 Å². The van der Waals surface area contributed by atoms with Crippen LogP contribution in [0.25, 0.3) is 42.8 Å². The molecule has 4 atom stereocenters. The smallest absolute Gasteiger partial charge is 0.303 e. The van der Waals surface area contributed by atoms with Crippen LogP contribution in [-0.4, -0.2) is 30.1 Å². The molecule has 176 valence electrons. The fraction of sp³-hybridized carbons (Fsp3) is 0.269. The fourth-order valence-electron chi connectivity index (χ4n) is 5.25. The average molecular weight is 471 g/mol. The van der Waals surface area contributed by atoms with E-state index in [1.165, 1.54) is 20.8 Å². The van der Waals surface area contributed by atoms with Crippen molar-refractivity contribution < 1.29 is 28.6 Å². The Kier molecular flexibility index (Phi) is 5.42. The molecule has 9 heteroatoms. The summed E-state index contributed by atoms with van der Waals surface area (Å²) in [5.41, 5.74) is 10.5. The average Bonchev–Trinajstić information content (AvgIpc) is 2.80. The van der Waals surface area contributed by atoms with Gasteiger partial charge in [-0.05, 0) is 49.5 Å². The summed E-state index contributed by atoms with van der Waals surface area (Å²) in [6.07, 6.45) is -3.50. The van der Waals surface area contributed by atoms with Crippen LogP contribution in [0.2, 0.25) is 0 Å². The second-order valence-electron chi connectivity index (χ2n) is 8.56. The maximum atomic E-state index is 12.1. The molecule has 0 radical (unpaired) electrons. The zero-order valence-corrected chi connectivity index (χ0v) is 19.2. The second kappa shape index (κ2) is 8.45. The number of ether oxygens (including phenoxy) is 3. The van der Waals surface area contributed by atoms with Crippen LogP contribution in [0.1, 0.15) is 44.0 Å². The molecule has 0 heterocycles. The summed E-state index contributed by atoms with van der Waals surface area (Å²) < 4.78 is 16.7. The predicted molar refractivity (Wildman–Crippen MR) is 128 cm³/mol. The Morgan fingerprint density at radius 1 is 0.800 bits per heavy atom. The van der Waals surface area contributed by atoms with E-state index < -0.39 is 42.3 Å². The quantitative estimate of drug-likeness (QED) is 0.0977. The van der Waals surface area contributed by atoms with E-state index in [0.29, 0.717) is 11.1 Å². The van der Waals surface area contributed by atoms with Crippen molar-refractivity contribution in [2.24, 2.45) is 5.11 Å². The fourth-order valence-corrected chi connectivity index (χ4v) is 5.25. The van der Waals surface area contributed by atoms with Gasteiger partial charge < -0.3 is 14.2 Å². The highest BCUT2D eigenvalue weighted by Gasteiger charge is 2.49. The number of esters is 3. The summed E-state index contributed by atoms with van der Waals surface area (Å²) in [6, 6.07) is 14.7. The number of carbonyl (C=O) groups is 3. The van der Waals surface area contributed by atoms with Crippen molar-refractivity contribution in [2.75, 3.05) is 0 Å². The van der Waals surface area contributed by atoms with Crippen molar-refractivity contribution >= 4 is 50.2 Å². The Hall–Kier alpha value is -4.36. The number of rotatable bonds is 4. The molecule has 4 aromatic rings. The summed E-state index contributed by atoms with van der Waals surface area (Å²) in [5, 5.41) is 9.72. The topological polar surface area (TPSA) is 128 Å². The molecule has 4 aromatic carbocycles. The van der Waals surface area contributed by atoms with E-state index in [9.17, 15) is 19.9 Å². The number of azide groups is 1. The lowest BCUT2D eigenvalue weighted by Crippen LogP contribution is -2.47. The van der Waals surface area contributed by atoms with Crippen LogP contribution in [0.5, 0.6) is 0 Å². The summed E-state index contributed by atoms with van der Waals surface area (Å²) in [4.78, 5) is 39.2. The first-order valence-electron chi connectivity index (χ1n) is 11.1. The molecule has 0 spiro atoms. The Balaban J connectivity index is 1.91. The molecule has 1 aliphatic rings. The zero-order chi connectivity index (χ0) is 24.9. The van der Waals surface area contributed by atoms with E-state index in [4.69, 9.17) is 14.2 Å². The number of fused-ring (bicyclic) bond motifs is 2. The van der Waals surface area contributed by atoms with Gasteiger partial charge in [0.1, 0.15) is 6.04 Å². The molecule has 5 rings (SSSR count). The zero-order valence-electron chi connectivity index (χ0n) is 19.2.